The molecule has 4 aromatic rings. The molecule has 1 N–H and O–H groups in total. The number of benzene rings is 2. The second kappa shape index (κ2) is 8.71. The molecule has 4 rings (SSSR count). The highest BCUT2D eigenvalue weighted by Crippen LogP contribution is 2.29. The Kier molecular flexibility index (Phi) is 5.86. The van der Waals surface area contributed by atoms with Gasteiger partial charge in [0.1, 0.15) is 11.3 Å². The highest BCUT2D eigenvalue weighted by molar-refractivity contribution is 7.14. The maximum Gasteiger partial charge on any atom is 0.293 e. The molecule has 0 aliphatic heterocycles. The lowest BCUT2D eigenvalue weighted by molar-refractivity contribution is 0.0998. The normalized spacial score (nSPS) is 11.0. The summed E-state index contributed by atoms with van der Waals surface area (Å²) in [5.41, 5.74) is 4.57. The molecule has 0 aliphatic rings. The second-order valence-corrected chi connectivity index (χ2v) is 7.96. The van der Waals surface area contributed by atoms with E-state index < -0.39 is 0 Å². The van der Waals surface area contributed by atoms with Gasteiger partial charge in [-0.15, -0.1) is 11.3 Å². The Morgan fingerprint density at radius 1 is 1.17 bits per heavy atom. The summed E-state index contributed by atoms with van der Waals surface area (Å²) in [4.78, 5) is 17.3. The maximum absolute atomic E-state index is 12.8. The van der Waals surface area contributed by atoms with Gasteiger partial charge in [0.25, 0.3) is 5.91 Å². The van der Waals surface area contributed by atoms with E-state index in [2.05, 4.69) is 30.2 Å². The van der Waals surface area contributed by atoms with Crippen molar-refractivity contribution in [3.63, 3.8) is 0 Å². The molecule has 2 aromatic heterocycles. The van der Waals surface area contributed by atoms with Gasteiger partial charge in [-0.25, -0.2) is 4.98 Å². The molecule has 0 fully saturated rings. The summed E-state index contributed by atoms with van der Waals surface area (Å²) in [7, 11) is 0. The molecule has 30 heavy (non-hydrogen) atoms. The first-order valence-corrected chi connectivity index (χ1v) is 11.0. The number of furan rings is 1. The minimum Gasteiger partial charge on any atom is -0.494 e. The fourth-order valence-electron chi connectivity index (χ4n) is 3.26. The molecule has 6 heteroatoms. The van der Waals surface area contributed by atoms with Gasteiger partial charge in [0, 0.05) is 21.9 Å². The van der Waals surface area contributed by atoms with E-state index >= 15 is 0 Å². The summed E-state index contributed by atoms with van der Waals surface area (Å²) in [5, 5.41) is 6.31. The van der Waals surface area contributed by atoms with E-state index in [1.54, 1.807) is 0 Å². The Morgan fingerprint density at radius 2 is 1.97 bits per heavy atom. The minimum atomic E-state index is -0.286. The molecule has 0 radical (unpaired) electrons. The van der Waals surface area contributed by atoms with Gasteiger partial charge in [0.2, 0.25) is 0 Å². The number of thiazole rings is 1. The largest absolute Gasteiger partial charge is 0.494 e. The lowest BCUT2D eigenvalue weighted by Crippen LogP contribution is -2.11. The number of nitrogens with zero attached hydrogens (tertiary/aromatic N) is 1. The van der Waals surface area contributed by atoms with Crippen molar-refractivity contribution in [1.82, 2.24) is 4.98 Å². The lowest BCUT2D eigenvalue weighted by atomic mass is 10.1. The Morgan fingerprint density at radius 3 is 2.70 bits per heavy atom. The molecule has 0 atom stereocenters. The first-order valence-electron chi connectivity index (χ1n) is 10.1. The van der Waals surface area contributed by atoms with Crippen molar-refractivity contribution in [2.75, 3.05) is 11.9 Å². The van der Waals surface area contributed by atoms with Crippen LogP contribution in [0.1, 0.15) is 41.9 Å². The summed E-state index contributed by atoms with van der Waals surface area (Å²) in [6.45, 7) is 6.80. The lowest BCUT2D eigenvalue weighted by Gasteiger charge is -2.04. The van der Waals surface area contributed by atoms with Gasteiger partial charge in [0.05, 0.1) is 12.3 Å². The number of hydrogen-bond acceptors (Lipinski definition) is 5. The topological polar surface area (TPSA) is 64.4 Å². The van der Waals surface area contributed by atoms with Crippen LogP contribution in [0.2, 0.25) is 0 Å². The Hall–Kier alpha value is -3.12. The number of hydrogen-bond donors (Lipinski definition) is 1. The summed E-state index contributed by atoms with van der Waals surface area (Å²) in [6.07, 6.45) is 1.91. The number of ether oxygens (including phenoxy) is 1. The molecule has 2 heterocycles. The van der Waals surface area contributed by atoms with Crippen LogP contribution in [0, 0.1) is 6.92 Å². The highest BCUT2D eigenvalue weighted by atomic mass is 32.1. The van der Waals surface area contributed by atoms with E-state index in [9.17, 15) is 4.79 Å². The van der Waals surface area contributed by atoms with Crippen LogP contribution in [-0.4, -0.2) is 17.5 Å². The van der Waals surface area contributed by atoms with E-state index in [4.69, 9.17) is 9.15 Å². The highest BCUT2D eigenvalue weighted by Gasteiger charge is 2.19. The van der Waals surface area contributed by atoms with Crippen molar-refractivity contribution in [1.29, 1.82) is 0 Å². The van der Waals surface area contributed by atoms with Gasteiger partial charge in [0.15, 0.2) is 10.9 Å². The molecular weight excluding hydrogens is 396 g/mol. The quantitative estimate of drug-likeness (QED) is 0.372. The number of nitrogens with one attached hydrogen (secondary N) is 1. The minimum absolute atomic E-state index is 0.286. The van der Waals surface area contributed by atoms with Crippen LogP contribution in [0.4, 0.5) is 5.13 Å². The fourth-order valence-corrected chi connectivity index (χ4v) is 3.98. The number of carbonyl (C=O) groups is 1. The average molecular weight is 421 g/mol. The number of carbonyl (C=O) groups excluding carboxylic acids is 1. The summed E-state index contributed by atoms with van der Waals surface area (Å²) < 4.78 is 11.4. The van der Waals surface area contributed by atoms with E-state index in [0.717, 1.165) is 46.4 Å². The molecule has 1 amide bonds. The van der Waals surface area contributed by atoms with E-state index in [1.807, 2.05) is 48.7 Å². The van der Waals surface area contributed by atoms with Crippen molar-refractivity contribution in [2.24, 2.45) is 0 Å². The van der Waals surface area contributed by atoms with Crippen molar-refractivity contribution in [3.05, 3.63) is 64.7 Å². The van der Waals surface area contributed by atoms with Gasteiger partial charge < -0.3 is 9.15 Å². The first-order chi connectivity index (χ1) is 14.6. The Balaban J connectivity index is 1.50. The van der Waals surface area contributed by atoms with E-state index in [1.165, 1.54) is 16.9 Å². The molecule has 0 spiro atoms. The third kappa shape index (κ3) is 4.09. The second-order valence-electron chi connectivity index (χ2n) is 7.11. The van der Waals surface area contributed by atoms with Crippen LogP contribution < -0.4 is 10.1 Å². The van der Waals surface area contributed by atoms with Crippen LogP contribution in [0.15, 0.2) is 52.3 Å². The molecule has 0 saturated carbocycles. The molecule has 0 bridgehead atoms. The monoisotopic (exact) mass is 420 g/mol. The number of fused-ring (bicyclic) bond motifs is 1. The summed E-state index contributed by atoms with van der Waals surface area (Å²) in [6, 6.07) is 13.9. The molecule has 0 saturated heterocycles. The zero-order valence-electron chi connectivity index (χ0n) is 17.3. The van der Waals surface area contributed by atoms with Gasteiger partial charge >= 0.3 is 0 Å². The predicted octanol–water partition coefficient (Wildman–Crippen LogP) is 6.47. The first kappa shape index (κ1) is 20.2. The third-order valence-electron chi connectivity index (χ3n) is 4.96. The van der Waals surface area contributed by atoms with Crippen LogP contribution in [0.25, 0.3) is 22.2 Å². The van der Waals surface area contributed by atoms with Gasteiger partial charge in [-0.1, -0.05) is 19.9 Å². The third-order valence-corrected chi connectivity index (χ3v) is 5.72. The van der Waals surface area contributed by atoms with Crippen LogP contribution in [-0.2, 0) is 6.42 Å². The van der Waals surface area contributed by atoms with E-state index in [-0.39, 0.29) is 5.91 Å². The van der Waals surface area contributed by atoms with E-state index in [0.29, 0.717) is 17.5 Å². The zero-order chi connectivity index (χ0) is 21.1. The number of aryl methyl sites for hydroxylation is 2. The van der Waals surface area contributed by atoms with Gasteiger partial charge in [-0.2, -0.15) is 0 Å². The van der Waals surface area contributed by atoms with Crippen LogP contribution in [0.3, 0.4) is 0 Å². The van der Waals surface area contributed by atoms with Crippen LogP contribution >= 0.6 is 11.3 Å². The standard InChI is InChI=1S/C24H24N2O3S/c1-4-12-28-18-9-7-17(8-10-18)20-14-30-24(25-20)26-23(27)22-15(3)19-13-16(5-2)6-11-21(19)29-22/h6-11,13-14H,4-5,12H2,1-3H3,(H,25,26,27). The number of anilines is 1. The van der Waals surface area contributed by atoms with Crippen molar-refractivity contribution in [2.45, 2.75) is 33.6 Å². The summed E-state index contributed by atoms with van der Waals surface area (Å²) in [5.74, 6) is 0.884. The SMILES string of the molecule is CCCOc1ccc(-c2csc(NC(=O)c3oc4ccc(CC)cc4c3C)n2)cc1. The predicted molar refractivity (Wildman–Crippen MR) is 122 cm³/mol. The van der Waals surface area contributed by atoms with Gasteiger partial charge in [-0.05, 0) is 61.7 Å². The van der Waals surface area contributed by atoms with Gasteiger partial charge in [-0.3, -0.25) is 10.1 Å². The molecular formula is C24H24N2O3S. The molecule has 5 nitrogen and oxygen atoms in total. The van der Waals surface area contributed by atoms with Crippen molar-refractivity contribution >= 4 is 33.3 Å². The molecule has 0 aliphatic carbocycles. The molecule has 2 aromatic carbocycles. The molecule has 0 unspecified atom stereocenters. The van der Waals surface area contributed by atoms with Crippen LogP contribution in [0.5, 0.6) is 5.75 Å². The smallest absolute Gasteiger partial charge is 0.293 e. The maximum atomic E-state index is 12.8. The zero-order valence-corrected chi connectivity index (χ0v) is 18.1. The van der Waals surface area contributed by atoms with Crippen molar-refractivity contribution < 1.29 is 13.9 Å². The fraction of sp³-hybridized carbons (Fsp3) is 0.250. The molecule has 154 valence electrons. The Labute approximate surface area is 179 Å². The number of amides is 1. The van der Waals surface area contributed by atoms with Crippen molar-refractivity contribution in [3.8, 4) is 17.0 Å². The number of rotatable bonds is 7. The Bertz CT molecular complexity index is 1180. The summed E-state index contributed by atoms with van der Waals surface area (Å²) >= 11 is 1.39. The number of aromatic nitrogens is 1. The average Bonchev–Trinajstić information content (AvgIpc) is 3.37.